The van der Waals surface area contributed by atoms with Gasteiger partial charge in [0.2, 0.25) is 0 Å². The van der Waals surface area contributed by atoms with Crippen LogP contribution in [-0.4, -0.2) is 7.28 Å². The fourth-order valence-electron chi connectivity index (χ4n) is 3.15. The van der Waals surface area contributed by atoms with Crippen LogP contribution in [0.1, 0.15) is 72.6 Å². The molecule has 2 unspecified atom stereocenters. The summed E-state index contributed by atoms with van der Waals surface area (Å²) in [6, 6.07) is 0. The van der Waals surface area contributed by atoms with Gasteiger partial charge < -0.3 is 0 Å². The second-order valence-corrected chi connectivity index (χ2v) is 6.42. The van der Waals surface area contributed by atoms with Crippen LogP contribution < -0.4 is 0 Å². The summed E-state index contributed by atoms with van der Waals surface area (Å²) in [6.07, 6.45) is 10.2. The van der Waals surface area contributed by atoms with E-state index in [-0.39, 0.29) is 0 Å². The van der Waals surface area contributed by atoms with Crippen LogP contribution in [0.4, 0.5) is 0 Å². The molecule has 1 aliphatic carbocycles. The zero-order chi connectivity index (χ0) is 12.0. The Hall–Kier alpha value is 0.0649. The first-order valence-electron chi connectivity index (χ1n) is 7.44. The quantitative estimate of drug-likeness (QED) is 0.565. The maximum absolute atomic E-state index is 2.59. The molecule has 0 saturated heterocycles. The second kappa shape index (κ2) is 7.40. The highest BCUT2D eigenvalue weighted by Crippen LogP contribution is 2.32. The van der Waals surface area contributed by atoms with Crippen LogP contribution in [-0.2, 0) is 0 Å². The van der Waals surface area contributed by atoms with Crippen molar-refractivity contribution in [3.05, 3.63) is 0 Å². The Balaban J connectivity index is 2.36. The molecule has 1 rings (SSSR count). The third kappa shape index (κ3) is 5.41. The Bertz CT molecular complexity index is 174. The highest BCUT2D eigenvalue weighted by Gasteiger charge is 2.18. The molecule has 1 heteroatoms. The molecule has 0 aromatic carbocycles. The number of rotatable bonds is 3. The van der Waals surface area contributed by atoms with Crippen LogP contribution in [0.25, 0.3) is 0 Å². The monoisotopic (exact) mass is 221 g/mol. The molecule has 1 fully saturated rings. The molecular weight excluding hydrogens is 191 g/mol. The summed E-state index contributed by atoms with van der Waals surface area (Å²) in [4.78, 5) is 0. The van der Waals surface area contributed by atoms with Gasteiger partial charge in [0.05, 0.1) is 0 Å². The third-order valence-corrected chi connectivity index (χ3v) is 4.15. The summed E-state index contributed by atoms with van der Waals surface area (Å²) in [6.45, 7) is 9.45. The van der Waals surface area contributed by atoms with E-state index in [1.54, 1.807) is 0 Å². The lowest BCUT2D eigenvalue weighted by molar-refractivity contribution is 0.324. The molecule has 0 nitrogen and oxygen atoms in total. The summed E-state index contributed by atoms with van der Waals surface area (Å²) in [5.41, 5.74) is 0. The molecule has 0 aliphatic heterocycles. The van der Waals surface area contributed by atoms with E-state index in [0.717, 1.165) is 23.5 Å². The average Bonchev–Trinajstić information content (AvgIpc) is 2.29. The molecule has 0 aromatic heterocycles. The lowest BCUT2D eigenvalue weighted by atomic mass is 9.53. The van der Waals surface area contributed by atoms with Crippen LogP contribution in [0.15, 0.2) is 0 Å². The number of hydrogen-bond acceptors (Lipinski definition) is 0. The average molecular weight is 221 g/mol. The van der Waals surface area contributed by atoms with E-state index >= 15 is 0 Å². The fourth-order valence-corrected chi connectivity index (χ4v) is 3.15. The fraction of sp³-hybridized carbons (Fsp3) is 1.00. The van der Waals surface area contributed by atoms with Gasteiger partial charge in [0.15, 0.2) is 0 Å². The maximum atomic E-state index is 2.59. The summed E-state index contributed by atoms with van der Waals surface area (Å²) in [7, 11) is 2.59. The van der Waals surface area contributed by atoms with Gasteiger partial charge in [-0.05, 0) is 11.8 Å². The molecule has 0 heterocycles. The van der Waals surface area contributed by atoms with Crippen molar-refractivity contribution in [1.29, 1.82) is 0 Å². The summed E-state index contributed by atoms with van der Waals surface area (Å²) in [5.74, 6) is 3.57. The van der Waals surface area contributed by atoms with Gasteiger partial charge in [-0.2, -0.15) is 0 Å². The Kier molecular flexibility index (Phi) is 6.54. The van der Waals surface area contributed by atoms with Gasteiger partial charge in [-0.25, -0.2) is 0 Å². The van der Waals surface area contributed by atoms with Gasteiger partial charge in [-0.1, -0.05) is 84.3 Å². The Labute approximate surface area is 104 Å². The zero-order valence-electron chi connectivity index (χ0n) is 11.8. The normalized spacial score (nSPS) is 28.6. The van der Waals surface area contributed by atoms with Crippen LogP contribution in [0.3, 0.4) is 0 Å². The Morgan fingerprint density at radius 1 is 0.812 bits per heavy atom. The standard InChI is InChI=1S/C15H30B/c1-12(2)14-8-5-6-10-15(11-7-9-14)16-13(3)4/h12-15H,5-11H2,1-4H3. The Morgan fingerprint density at radius 2 is 1.38 bits per heavy atom. The molecule has 93 valence electrons. The van der Waals surface area contributed by atoms with Crippen molar-refractivity contribution >= 4 is 7.28 Å². The van der Waals surface area contributed by atoms with E-state index in [9.17, 15) is 0 Å². The molecule has 0 N–H and O–H groups in total. The van der Waals surface area contributed by atoms with Gasteiger partial charge in [0.25, 0.3) is 0 Å². The van der Waals surface area contributed by atoms with Crippen molar-refractivity contribution in [3.8, 4) is 0 Å². The predicted octanol–water partition coefficient (Wildman–Crippen LogP) is 5.32. The molecular formula is C15H30B. The van der Waals surface area contributed by atoms with Crippen LogP contribution in [0, 0.1) is 11.8 Å². The van der Waals surface area contributed by atoms with Crippen molar-refractivity contribution in [1.82, 2.24) is 0 Å². The Morgan fingerprint density at radius 3 is 2.00 bits per heavy atom. The van der Waals surface area contributed by atoms with E-state index in [1.807, 2.05) is 0 Å². The van der Waals surface area contributed by atoms with Gasteiger partial charge in [0, 0.05) is 0 Å². The smallest absolute Gasteiger partial charge is 0.0742 e. The van der Waals surface area contributed by atoms with Gasteiger partial charge in [-0.3, -0.25) is 0 Å². The van der Waals surface area contributed by atoms with Crippen molar-refractivity contribution in [2.24, 2.45) is 11.8 Å². The molecule has 1 saturated carbocycles. The summed E-state index contributed by atoms with van der Waals surface area (Å²) < 4.78 is 0. The highest BCUT2D eigenvalue weighted by atomic mass is 14.2. The summed E-state index contributed by atoms with van der Waals surface area (Å²) in [5, 5.41) is 0. The van der Waals surface area contributed by atoms with E-state index < -0.39 is 0 Å². The minimum atomic E-state index is 0.770. The third-order valence-electron chi connectivity index (χ3n) is 4.15. The second-order valence-electron chi connectivity index (χ2n) is 6.42. The van der Waals surface area contributed by atoms with Crippen molar-refractivity contribution < 1.29 is 0 Å². The van der Waals surface area contributed by atoms with E-state index in [2.05, 4.69) is 35.0 Å². The van der Waals surface area contributed by atoms with Crippen LogP contribution >= 0.6 is 0 Å². The van der Waals surface area contributed by atoms with Crippen molar-refractivity contribution in [2.75, 3.05) is 0 Å². The first kappa shape index (κ1) is 14.1. The molecule has 0 spiro atoms. The number of hydrogen-bond donors (Lipinski definition) is 0. The molecule has 0 bridgehead atoms. The zero-order valence-corrected chi connectivity index (χ0v) is 11.8. The SMILES string of the molecule is CC(C)[B]C1CCCCC(C(C)C)CCC1. The molecule has 16 heavy (non-hydrogen) atoms. The minimum Gasteiger partial charge on any atom is -0.0742 e. The molecule has 1 radical (unpaired) electrons. The first-order chi connectivity index (χ1) is 7.59. The molecule has 0 amide bonds. The lowest BCUT2D eigenvalue weighted by Crippen LogP contribution is -2.09. The largest absolute Gasteiger partial charge is 0.117 e. The van der Waals surface area contributed by atoms with Crippen LogP contribution in [0.2, 0.25) is 11.6 Å². The summed E-state index contributed by atoms with van der Waals surface area (Å²) >= 11 is 0. The van der Waals surface area contributed by atoms with E-state index in [4.69, 9.17) is 0 Å². The molecule has 2 atom stereocenters. The van der Waals surface area contributed by atoms with E-state index in [0.29, 0.717) is 0 Å². The van der Waals surface area contributed by atoms with Gasteiger partial charge >= 0.3 is 0 Å². The maximum Gasteiger partial charge on any atom is 0.117 e. The predicted molar refractivity (Wildman–Crippen MR) is 75.2 cm³/mol. The lowest BCUT2D eigenvalue weighted by Gasteiger charge is -2.20. The highest BCUT2D eigenvalue weighted by molar-refractivity contribution is 6.39. The topological polar surface area (TPSA) is 0 Å². The van der Waals surface area contributed by atoms with Crippen molar-refractivity contribution in [3.63, 3.8) is 0 Å². The molecule has 1 aliphatic rings. The first-order valence-corrected chi connectivity index (χ1v) is 7.44. The van der Waals surface area contributed by atoms with Crippen molar-refractivity contribution in [2.45, 2.75) is 84.3 Å². The van der Waals surface area contributed by atoms with Gasteiger partial charge in [-0.15, -0.1) is 0 Å². The minimum absolute atomic E-state index is 0.770. The van der Waals surface area contributed by atoms with Gasteiger partial charge in [0.1, 0.15) is 7.28 Å². The van der Waals surface area contributed by atoms with E-state index in [1.165, 1.54) is 44.9 Å². The molecule has 0 aromatic rings. The van der Waals surface area contributed by atoms with Crippen LogP contribution in [0.5, 0.6) is 0 Å².